The normalized spacial score (nSPS) is 24.8. The number of fused-ring (bicyclic) bond motifs is 2. The average molecular weight is 463 g/mol. The molecule has 3 atom stereocenters. The molecule has 2 aromatic heterocycles. The van der Waals surface area contributed by atoms with Gasteiger partial charge in [-0.25, -0.2) is 4.98 Å². The number of hydrogen-bond acceptors (Lipinski definition) is 4. The number of imidazole rings is 1. The summed E-state index contributed by atoms with van der Waals surface area (Å²) in [6, 6.07) is 8.29. The molecule has 172 valence electrons. The first-order valence-electron chi connectivity index (χ1n) is 12.2. The number of aryl methyl sites for hydroxylation is 1. The van der Waals surface area contributed by atoms with Gasteiger partial charge in [-0.05, 0) is 55.6 Å². The number of benzene rings is 1. The zero-order valence-electron chi connectivity index (χ0n) is 19.0. The van der Waals surface area contributed by atoms with Crippen LogP contribution in [0.3, 0.4) is 0 Å². The first-order valence-corrected chi connectivity index (χ1v) is 13.1. The van der Waals surface area contributed by atoms with Crippen molar-refractivity contribution in [1.29, 1.82) is 0 Å². The fourth-order valence-corrected chi connectivity index (χ4v) is 6.89. The third-order valence-electron chi connectivity index (χ3n) is 7.92. The molecule has 2 aliphatic carbocycles. The van der Waals surface area contributed by atoms with Gasteiger partial charge in [0.15, 0.2) is 4.96 Å². The quantitative estimate of drug-likeness (QED) is 0.601. The van der Waals surface area contributed by atoms with Crippen LogP contribution < -0.4 is 5.32 Å². The van der Waals surface area contributed by atoms with E-state index in [9.17, 15) is 9.59 Å². The number of aromatic nitrogens is 2. The number of carbonyl (C=O) groups excluding carboxylic acids is 2. The second kappa shape index (κ2) is 8.28. The summed E-state index contributed by atoms with van der Waals surface area (Å²) in [5, 5.41) is 5.07. The van der Waals surface area contributed by atoms with Crippen LogP contribution >= 0.6 is 11.3 Å². The fraction of sp³-hybridized carbons (Fsp3) is 0.500. The van der Waals surface area contributed by atoms with Crippen molar-refractivity contribution in [3.05, 3.63) is 58.4 Å². The summed E-state index contributed by atoms with van der Waals surface area (Å²) in [6.45, 7) is 3.18. The van der Waals surface area contributed by atoms with Crippen LogP contribution in [0.25, 0.3) is 4.96 Å². The van der Waals surface area contributed by atoms with E-state index >= 15 is 0 Å². The molecule has 3 fully saturated rings. The van der Waals surface area contributed by atoms with Gasteiger partial charge in [0.05, 0.1) is 11.7 Å². The van der Waals surface area contributed by atoms with Gasteiger partial charge in [0, 0.05) is 30.2 Å². The Morgan fingerprint density at radius 2 is 2.00 bits per heavy atom. The van der Waals surface area contributed by atoms with E-state index in [2.05, 4.69) is 22.4 Å². The predicted molar refractivity (Wildman–Crippen MR) is 129 cm³/mol. The maximum Gasteiger partial charge on any atom is 0.270 e. The second-order valence-corrected chi connectivity index (χ2v) is 10.8. The van der Waals surface area contributed by atoms with E-state index in [-0.39, 0.29) is 17.9 Å². The number of nitrogens with zero attached hydrogens (tertiary/aromatic N) is 3. The molecule has 6 rings (SSSR count). The molecule has 6 nitrogen and oxygen atoms in total. The largest absolute Gasteiger partial charge is 0.349 e. The monoisotopic (exact) mass is 462 g/mol. The minimum atomic E-state index is -0.113. The topological polar surface area (TPSA) is 66.7 Å². The highest BCUT2D eigenvalue weighted by molar-refractivity contribution is 7.15. The van der Waals surface area contributed by atoms with Crippen molar-refractivity contribution in [3.63, 3.8) is 0 Å². The van der Waals surface area contributed by atoms with Gasteiger partial charge in [-0.1, -0.05) is 37.5 Å². The molecule has 0 spiro atoms. The molecule has 33 heavy (non-hydrogen) atoms. The highest BCUT2D eigenvalue weighted by atomic mass is 32.1. The van der Waals surface area contributed by atoms with Crippen LogP contribution in [0.5, 0.6) is 0 Å². The molecule has 0 bridgehead atoms. The first kappa shape index (κ1) is 20.9. The van der Waals surface area contributed by atoms with Gasteiger partial charge in [-0.3, -0.25) is 14.0 Å². The number of thiazole rings is 1. The number of amides is 2. The van der Waals surface area contributed by atoms with Crippen molar-refractivity contribution >= 4 is 28.1 Å². The molecule has 1 aromatic carbocycles. The van der Waals surface area contributed by atoms with Crippen LogP contribution in [-0.2, 0) is 0 Å². The molecular weight excluding hydrogens is 432 g/mol. The van der Waals surface area contributed by atoms with Crippen LogP contribution in [0.1, 0.15) is 76.5 Å². The van der Waals surface area contributed by atoms with Crippen LogP contribution in [0.4, 0.5) is 0 Å². The fourth-order valence-electron chi connectivity index (χ4n) is 6.13. The summed E-state index contributed by atoms with van der Waals surface area (Å²) in [4.78, 5) is 34.2. The molecule has 1 saturated heterocycles. The number of hydrogen-bond donors (Lipinski definition) is 1. The van der Waals surface area contributed by atoms with Crippen molar-refractivity contribution in [2.75, 3.05) is 13.1 Å². The molecule has 7 heteroatoms. The average Bonchev–Trinajstić information content (AvgIpc) is 3.13. The highest BCUT2D eigenvalue weighted by Gasteiger charge is 2.54. The van der Waals surface area contributed by atoms with E-state index in [4.69, 9.17) is 0 Å². The molecular formula is C26H30N4O2S. The zero-order chi connectivity index (χ0) is 22.5. The van der Waals surface area contributed by atoms with E-state index < -0.39 is 0 Å². The molecule has 0 unspecified atom stereocenters. The first-order chi connectivity index (χ1) is 16.1. The molecule has 1 aliphatic heterocycles. The Kier molecular flexibility index (Phi) is 5.24. The third-order valence-corrected chi connectivity index (χ3v) is 8.68. The Morgan fingerprint density at radius 3 is 2.85 bits per heavy atom. The van der Waals surface area contributed by atoms with Crippen LogP contribution in [-0.4, -0.2) is 45.2 Å². The van der Waals surface area contributed by atoms with E-state index in [0.717, 1.165) is 29.2 Å². The summed E-state index contributed by atoms with van der Waals surface area (Å²) >= 11 is 1.52. The van der Waals surface area contributed by atoms with Gasteiger partial charge in [-0.2, -0.15) is 0 Å². The third kappa shape index (κ3) is 3.66. The van der Waals surface area contributed by atoms with Gasteiger partial charge < -0.3 is 10.2 Å². The van der Waals surface area contributed by atoms with Gasteiger partial charge in [0.2, 0.25) is 0 Å². The maximum atomic E-state index is 13.8. The number of carbonyl (C=O) groups is 2. The van der Waals surface area contributed by atoms with Crippen LogP contribution in [0, 0.1) is 18.8 Å². The Labute approximate surface area is 198 Å². The SMILES string of the molecule is Cc1nc2sccn2c1C(=O)NC[C@@H]1[C@H]2C[C@H]2CN1C(=O)c1ccccc1C1CCCCC1. The van der Waals surface area contributed by atoms with Gasteiger partial charge >= 0.3 is 0 Å². The number of piperidine rings is 1. The molecule has 2 amide bonds. The van der Waals surface area contributed by atoms with Gasteiger partial charge in [-0.15, -0.1) is 11.3 Å². The second-order valence-electron chi connectivity index (χ2n) is 9.92. The van der Waals surface area contributed by atoms with Crippen molar-refractivity contribution in [2.45, 2.75) is 57.4 Å². The smallest absolute Gasteiger partial charge is 0.270 e. The molecule has 3 heterocycles. The van der Waals surface area contributed by atoms with Crippen molar-refractivity contribution in [2.24, 2.45) is 11.8 Å². The summed E-state index contributed by atoms with van der Waals surface area (Å²) in [6.07, 6.45) is 9.21. The Balaban J connectivity index is 1.20. The van der Waals surface area contributed by atoms with Crippen molar-refractivity contribution < 1.29 is 9.59 Å². The minimum Gasteiger partial charge on any atom is -0.349 e. The maximum absolute atomic E-state index is 13.8. The van der Waals surface area contributed by atoms with Gasteiger partial charge in [0.1, 0.15) is 5.69 Å². The number of rotatable bonds is 5. The van der Waals surface area contributed by atoms with E-state index in [1.54, 1.807) is 0 Å². The molecule has 3 aromatic rings. The molecule has 3 aliphatic rings. The summed E-state index contributed by atoms with van der Waals surface area (Å²) in [5.41, 5.74) is 3.43. The van der Waals surface area contributed by atoms with E-state index in [0.29, 0.717) is 30.0 Å². The van der Waals surface area contributed by atoms with Gasteiger partial charge in [0.25, 0.3) is 11.8 Å². The Bertz CT molecular complexity index is 1210. The molecule has 1 N–H and O–H groups in total. The van der Waals surface area contributed by atoms with Crippen LogP contribution in [0.2, 0.25) is 0 Å². The van der Waals surface area contributed by atoms with Crippen molar-refractivity contribution in [1.82, 2.24) is 19.6 Å². The Hall–Kier alpha value is -2.67. The lowest BCUT2D eigenvalue weighted by Gasteiger charge is -2.30. The molecule has 0 radical (unpaired) electrons. The lowest BCUT2D eigenvalue weighted by molar-refractivity contribution is 0.0692. The van der Waals surface area contributed by atoms with E-state index in [1.807, 2.05) is 39.9 Å². The molecule has 2 saturated carbocycles. The van der Waals surface area contributed by atoms with Crippen LogP contribution in [0.15, 0.2) is 35.8 Å². The minimum absolute atomic E-state index is 0.0667. The highest BCUT2D eigenvalue weighted by Crippen LogP contribution is 2.50. The number of likely N-dealkylation sites (tertiary alicyclic amines) is 1. The van der Waals surface area contributed by atoms with Crippen molar-refractivity contribution in [3.8, 4) is 0 Å². The van der Waals surface area contributed by atoms with E-state index in [1.165, 1.54) is 49.0 Å². The lowest BCUT2D eigenvalue weighted by Crippen LogP contribution is -2.46. The summed E-state index contributed by atoms with van der Waals surface area (Å²) in [5.74, 6) is 1.61. The lowest BCUT2D eigenvalue weighted by atomic mass is 9.82. The standard InChI is InChI=1S/C26H30N4O2S/c1-16-23(29-11-12-33-26(29)28-16)24(31)27-14-22-21-13-18(21)15-30(22)25(32)20-10-6-5-9-19(20)17-7-3-2-4-8-17/h5-6,9-12,17-18,21-22H,2-4,7-8,13-15H2,1H3,(H,27,31)/t18-,21-,22+/m0/s1. The summed E-state index contributed by atoms with van der Waals surface area (Å²) < 4.78 is 1.85. The zero-order valence-corrected chi connectivity index (χ0v) is 19.8. The predicted octanol–water partition coefficient (Wildman–Crippen LogP) is 4.64. The number of nitrogens with one attached hydrogen (secondary N) is 1. The Morgan fingerprint density at radius 1 is 1.18 bits per heavy atom. The summed E-state index contributed by atoms with van der Waals surface area (Å²) in [7, 11) is 0.